The molecule has 0 fully saturated rings. The molecule has 1 rings (SSSR count). The molecular weight excluding hydrogens is 358 g/mol. The molecule has 22 heavy (non-hydrogen) atoms. The molecule has 0 unspecified atom stereocenters. The summed E-state index contributed by atoms with van der Waals surface area (Å²) >= 11 is 3.41. The Labute approximate surface area is 145 Å². The van der Waals surface area contributed by atoms with Crippen LogP contribution in [0.1, 0.15) is 46.5 Å². The summed E-state index contributed by atoms with van der Waals surface area (Å²) in [5.74, 6) is 0.690. The Morgan fingerprint density at radius 3 is 2.32 bits per heavy atom. The van der Waals surface area contributed by atoms with Crippen LogP contribution in [-0.4, -0.2) is 26.5 Å². The Morgan fingerprint density at radius 1 is 1.09 bits per heavy atom. The van der Waals surface area contributed by atoms with Gasteiger partial charge in [-0.25, -0.2) is 4.98 Å². The monoisotopic (exact) mass is 387 g/mol. The van der Waals surface area contributed by atoms with Gasteiger partial charge in [-0.05, 0) is 43.5 Å². The molecule has 0 amide bonds. The van der Waals surface area contributed by atoms with E-state index in [1.807, 2.05) is 12.1 Å². The molecule has 0 N–H and O–H groups in total. The number of pyridine rings is 1. The number of unbranched alkanes of at least 4 members (excludes halogenated alkanes) is 3. The maximum absolute atomic E-state index is 6.18. The van der Waals surface area contributed by atoms with Gasteiger partial charge in [-0.2, -0.15) is 0 Å². The van der Waals surface area contributed by atoms with E-state index in [1.165, 1.54) is 12.8 Å². The number of ether oxygens (including phenoxy) is 1. The fourth-order valence-corrected chi connectivity index (χ4v) is 3.14. The van der Waals surface area contributed by atoms with Crippen molar-refractivity contribution < 1.29 is 9.16 Å². The van der Waals surface area contributed by atoms with E-state index >= 15 is 0 Å². The van der Waals surface area contributed by atoms with Crippen molar-refractivity contribution in [3.05, 3.63) is 22.8 Å². The Kier molecular flexibility index (Phi) is 8.07. The average Bonchev–Trinajstić information content (AvgIpc) is 2.40. The third kappa shape index (κ3) is 7.25. The van der Waals surface area contributed by atoms with Gasteiger partial charge in [0, 0.05) is 23.3 Å². The fraction of sp³-hybridized carbons (Fsp3) is 0.706. The second-order valence-electron chi connectivity index (χ2n) is 7.18. The van der Waals surface area contributed by atoms with E-state index in [0.717, 1.165) is 30.5 Å². The van der Waals surface area contributed by atoms with Crippen molar-refractivity contribution in [2.45, 2.75) is 64.6 Å². The lowest BCUT2D eigenvalue weighted by molar-refractivity contribution is 0.268. The van der Waals surface area contributed by atoms with E-state index in [1.54, 1.807) is 6.20 Å². The van der Waals surface area contributed by atoms with Crippen LogP contribution in [0.4, 0.5) is 0 Å². The fourth-order valence-electron chi connectivity index (χ4n) is 1.74. The summed E-state index contributed by atoms with van der Waals surface area (Å²) in [4.78, 5) is 4.17. The molecule has 0 radical (unpaired) electrons. The number of hydrogen-bond acceptors (Lipinski definition) is 3. The first-order valence-electron chi connectivity index (χ1n) is 8.11. The van der Waals surface area contributed by atoms with Gasteiger partial charge in [0.1, 0.15) is 0 Å². The summed E-state index contributed by atoms with van der Waals surface area (Å²) in [7, 11) is -1.57. The van der Waals surface area contributed by atoms with Crippen LogP contribution in [-0.2, 0) is 4.43 Å². The van der Waals surface area contributed by atoms with Crippen LogP contribution in [0.3, 0.4) is 0 Å². The van der Waals surface area contributed by atoms with E-state index in [-0.39, 0.29) is 0 Å². The van der Waals surface area contributed by atoms with Gasteiger partial charge >= 0.3 is 0 Å². The van der Waals surface area contributed by atoms with E-state index in [2.05, 4.69) is 54.8 Å². The van der Waals surface area contributed by atoms with Gasteiger partial charge in [-0.15, -0.1) is 0 Å². The van der Waals surface area contributed by atoms with Gasteiger partial charge in [0.2, 0.25) is 5.88 Å². The van der Waals surface area contributed by atoms with Crippen LogP contribution < -0.4 is 4.74 Å². The van der Waals surface area contributed by atoms with Crippen LogP contribution >= 0.6 is 15.9 Å². The lowest BCUT2D eigenvalue weighted by Crippen LogP contribution is -2.40. The molecule has 0 aliphatic heterocycles. The predicted molar refractivity (Wildman–Crippen MR) is 99.0 cm³/mol. The standard InChI is InChI=1S/C17H30BrNO2Si/c1-17(2,3)22(4,5)21-13-9-7-6-8-12-20-16-14-15(18)10-11-19-16/h10-11,14H,6-9,12-13H2,1-5H3. The summed E-state index contributed by atoms with van der Waals surface area (Å²) in [6, 6.07) is 3.79. The number of rotatable bonds is 9. The molecule has 1 heterocycles. The van der Waals surface area contributed by atoms with Crippen LogP contribution in [0, 0.1) is 0 Å². The highest BCUT2D eigenvalue weighted by molar-refractivity contribution is 9.10. The maximum Gasteiger partial charge on any atom is 0.214 e. The lowest BCUT2D eigenvalue weighted by atomic mass is 10.2. The summed E-state index contributed by atoms with van der Waals surface area (Å²) in [5, 5.41) is 0.303. The van der Waals surface area contributed by atoms with Gasteiger partial charge in [-0.3, -0.25) is 0 Å². The number of aromatic nitrogens is 1. The lowest BCUT2D eigenvalue weighted by Gasteiger charge is -2.36. The zero-order chi connectivity index (χ0) is 16.6. The van der Waals surface area contributed by atoms with Crippen LogP contribution in [0.2, 0.25) is 18.1 Å². The quantitative estimate of drug-likeness (QED) is 0.395. The summed E-state index contributed by atoms with van der Waals surface area (Å²) in [5.41, 5.74) is 0. The minimum atomic E-state index is -1.57. The van der Waals surface area contributed by atoms with Crippen molar-refractivity contribution in [2.24, 2.45) is 0 Å². The molecule has 0 aliphatic rings. The highest BCUT2D eigenvalue weighted by Gasteiger charge is 2.36. The second-order valence-corrected chi connectivity index (χ2v) is 12.9. The van der Waals surface area contributed by atoms with Crippen molar-refractivity contribution in [1.82, 2.24) is 4.98 Å². The molecule has 1 aromatic heterocycles. The Balaban J connectivity index is 2.05. The molecule has 0 atom stereocenters. The highest BCUT2D eigenvalue weighted by atomic mass is 79.9. The van der Waals surface area contributed by atoms with Gasteiger partial charge in [0.25, 0.3) is 0 Å². The van der Waals surface area contributed by atoms with Crippen molar-refractivity contribution in [2.75, 3.05) is 13.2 Å². The number of halogens is 1. The summed E-state index contributed by atoms with van der Waals surface area (Å²) < 4.78 is 12.8. The molecule has 1 aromatic rings. The molecule has 126 valence electrons. The third-order valence-corrected chi connectivity index (χ3v) is 9.29. The van der Waals surface area contributed by atoms with Crippen LogP contribution in [0.5, 0.6) is 5.88 Å². The van der Waals surface area contributed by atoms with E-state index < -0.39 is 8.32 Å². The minimum Gasteiger partial charge on any atom is -0.478 e. The molecule has 3 nitrogen and oxygen atoms in total. The first kappa shape index (κ1) is 19.7. The average molecular weight is 388 g/mol. The maximum atomic E-state index is 6.18. The molecule has 0 saturated carbocycles. The molecule has 5 heteroatoms. The van der Waals surface area contributed by atoms with Crippen molar-refractivity contribution >= 4 is 24.2 Å². The molecule has 0 aliphatic carbocycles. The predicted octanol–water partition coefficient (Wildman–Crippen LogP) is 5.81. The topological polar surface area (TPSA) is 31.4 Å². The summed E-state index contributed by atoms with van der Waals surface area (Å²) in [6.45, 7) is 13.1. The smallest absolute Gasteiger partial charge is 0.214 e. The molecule has 0 aromatic carbocycles. The molecular formula is C17H30BrNO2Si. The molecule has 0 spiro atoms. The molecule has 0 bridgehead atoms. The van der Waals surface area contributed by atoms with E-state index in [4.69, 9.17) is 9.16 Å². The van der Waals surface area contributed by atoms with E-state index in [0.29, 0.717) is 10.9 Å². The molecule has 0 saturated heterocycles. The van der Waals surface area contributed by atoms with Crippen molar-refractivity contribution in [3.63, 3.8) is 0 Å². The van der Waals surface area contributed by atoms with Gasteiger partial charge in [0.05, 0.1) is 6.61 Å². The van der Waals surface area contributed by atoms with Crippen molar-refractivity contribution in [3.8, 4) is 5.88 Å². The van der Waals surface area contributed by atoms with Gasteiger partial charge < -0.3 is 9.16 Å². The van der Waals surface area contributed by atoms with Gasteiger partial charge in [0.15, 0.2) is 8.32 Å². The first-order chi connectivity index (χ1) is 10.2. The van der Waals surface area contributed by atoms with Crippen LogP contribution in [0.15, 0.2) is 22.8 Å². The number of nitrogens with zero attached hydrogens (tertiary/aromatic N) is 1. The Morgan fingerprint density at radius 2 is 1.73 bits per heavy atom. The Bertz CT molecular complexity index is 447. The second kappa shape index (κ2) is 9.04. The first-order valence-corrected chi connectivity index (χ1v) is 11.8. The normalized spacial score (nSPS) is 12.5. The zero-order valence-electron chi connectivity index (χ0n) is 14.6. The highest BCUT2D eigenvalue weighted by Crippen LogP contribution is 2.36. The number of hydrogen-bond donors (Lipinski definition) is 0. The SMILES string of the molecule is CC(C)(C)[Si](C)(C)OCCCCCCOc1cc(Br)ccn1. The Hall–Kier alpha value is -0.393. The van der Waals surface area contributed by atoms with Gasteiger partial charge in [-0.1, -0.05) is 43.1 Å². The minimum absolute atomic E-state index is 0.303. The third-order valence-electron chi connectivity index (χ3n) is 4.25. The zero-order valence-corrected chi connectivity index (χ0v) is 17.2. The van der Waals surface area contributed by atoms with Crippen LogP contribution in [0.25, 0.3) is 0 Å². The van der Waals surface area contributed by atoms with Crippen molar-refractivity contribution in [1.29, 1.82) is 0 Å². The largest absolute Gasteiger partial charge is 0.478 e. The van der Waals surface area contributed by atoms with E-state index in [9.17, 15) is 0 Å². The summed E-state index contributed by atoms with van der Waals surface area (Å²) in [6.07, 6.45) is 6.33.